The monoisotopic (exact) mass is 393 g/mol. The molecule has 150 valence electrons. The van der Waals surface area contributed by atoms with E-state index in [-0.39, 0.29) is 17.6 Å². The first-order valence-corrected chi connectivity index (χ1v) is 10.3. The highest BCUT2D eigenvalue weighted by atomic mass is 19.1. The van der Waals surface area contributed by atoms with E-state index in [0.717, 1.165) is 55.4 Å². The summed E-state index contributed by atoms with van der Waals surface area (Å²) >= 11 is 0. The third-order valence-corrected chi connectivity index (χ3v) is 5.93. The fourth-order valence-electron chi connectivity index (χ4n) is 4.11. The Morgan fingerprint density at radius 2 is 1.79 bits per heavy atom. The van der Waals surface area contributed by atoms with E-state index < -0.39 is 0 Å². The largest absolute Gasteiger partial charge is 0.423 e. The number of nitrogens with zero attached hydrogens (tertiary/aromatic N) is 3. The van der Waals surface area contributed by atoms with Gasteiger partial charge >= 0.3 is 0 Å². The highest BCUT2D eigenvalue weighted by Crippen LogP contribution is 2.33. The summed E-state index contributed by atoms with van der Waals surface area (Å²) in [6.07, 6.45) is 3.72. The molecule has 0 bridgehead atoms. The summed E-state index contributed by atoms with van der Waals surface area (Å²) in [4.78, 5) is 21.9. The zero-order valence-electron chi connectivity index (χ0n) is 16.3. The van der Waals surface area contributed by atoms with E-state index in [4.69, 9.17) is 4.42 Å². The summed E-state index contributed by atoms with van der Waals surface area (Å²) in [7, 11) is 0. The lowest BCUT2D eigenvalue weighted by Crippen LogP contribution is -2.43. The van der Waals surface area contributed by atoms with Crippen LogP contribution in [-0.4, -0.2) is 34.9 Å². The minimum absolute atomic E-state index is 0.0247. The Balaban J connectivity index is 1.24. The van der Waals surface area contributed by atoms with Crippen LogP contribution in [0.15, 0.2) is 52.9 Å². The molecule has 1 saturated carbocycles. The van der Waals surface area contributed by atoms with E-state index in [9.17, 15) is 9.18 Å². The molecule has 1 amide bonds. The number of aromatic nitrogens is 1. The molecule has 0 unspecified atom stereocenters. The molecule has 2 fully saturated rings. The first-order chi connectivity index (χ1) is 14.2. The van der Waals surface area contributed by atoms with Gasteiger partial charge in [-0.1, -0.05) is 24.3 Å². The summed E-state index contributed by atoms with van der Waals surface area (Å²) in [5, 5.41) is 0. The standard InChI is InChI=1S/C23H24FN3O2/c24-18-7-5-16(6-8-18)15-27(19-9-10-19)22(28)17-11-13-26(14-12-17)23-25-20-3-1-2-4-21(20)29-23/h1-8,17,19H,9-15H2. The molecule has 2 aliphatic rings. The van der Waals surface area contributed by atoms with Gasteiger partial charge in [-0.2, -0.15) is 4.98 Å². The zero-order valence-corrected chi connectivity index (χ0v) is 16.3. The summed E-state index contributed by atoms with van der Waals surface area (Å²) in [5.41, 5.74) is 2.63. The Bertz CT molecular complexity index is 971. The molecule has 5 rings (SSSR count). The van der Waals surface area contributed by atoms with Crippen molar-refractivity contribution in [1.82, 2.24) is 9.88 Å². The number of hydrogen-bond donors (Lipinski definition) is 0. The number of oxazole rings is 1. The van der Waals surface area contributed by atoms with Gasteiger partial charge in [0.1, 0.15) is 11.3 Å². The maximum Gasteiger partial charge on any atom is 0.298 e. The van der Waals surface area contributed by atoms with Gasteiger partial charge < -0.3 is 14.2 Å². The third kappa shape index (κ3) is 3.84. The Hall–Kier alpha value is -2.89. The number of fused-ring (bicyclic) bond motifs is 1. The number of benzene rings is 2. The average molecular weight is 393 g/mol. The van der Waals surface area contributed by atoms with Crippen LogP contribution in [0.2, 0.25) is 0 Å². The number of anilines is 1. The van der Waals surface area contributed by atoms with Crippen molar-refractivity contribution in [3.8, 4) is 0 Å². The van der Waals surface area contributed by atoms with Crippen LogP contribution in [0.5, 0.6) is 0 Å². The van der Waals surface area contributed by atoms with E-state index in [2.05, 4.69) is 9.88 Å². The molecule has 3 aromatic rings. The molecule has 1 aromatic heterocycles. The van der Waals surface area contributed by atoms with Crippen LogP contribution in [0.4, 0.5) is 10.4 Å². The molecule has 0 atom stereocenters. The SMILES string of the molecule is O=C(C1CCN(c2nc3ccccc3o2)CC1)N(Cc1ccc(F)cc1)C1CC1. The van der Waals surface area contributed by atoms with Crippen LogP contribution in [0, 0.1) is 11.7 Å². The second kappa shape index (κ2) is 7.50. The smallest absolute Gasteiger partial charge is 0.298 e. The number of halogens is 1. The van der Waals surface area contributed by atoms with Crippen LogP contribution >= 0.6 is 0 Å². The van der Waals surface area contributed by atoms with Crippen LogP contribution < -0.4 is 4.90 Å². The van der Waals surface area contributed by atoms with Crippen molar-refractivity contribution < 1.29 is 13.6 Å². The van der Waals surface area contributed by atoms with Crippen LogP contribution in [0.25, 0.3) is 11.1 Å². The normalized spacial score (nSPS) is 17.6. The first kappa shape index (κ1) is 18.2. The molecule has 5 nitrogen and oxygen atoms in total. The highest BCUT2D eigenvalue weighted by molar-refractivity contribution is 5.80. The second-order valence-electron chi connectivity index (χ2n) is 8.05. The van der Waals surface area contributed by atoms with Gasteiger partial charge in [-0.15, -0.1) is 0 Å². The van der Waals surface area contributed by atoms with Gasteiger partial charge in [-0.3, -0.25) is 4.79 Å². The van der Waals surface area contributed by atoms with E-state index in [1.165, 1.54) is 12.1 Å². The lowest BCUT2D eigenvalue weighted by molar-refractivity contribution is -0.137. The molecular formula is C23H24FN3O2. The molecular weight excluding hydrogens is 369 g/mol. The fraction of sp³-hybridized carbons (Fsp3) is 0.391. The second-order valence-corrected chi connectivity index (χ2v) is 8.05. The van der Waals surface area contributed by atoms with Crippen molar-refractivity contribution in [3.63, 3.8) is 0 Å². The third-order valence-electron chi connectivity index (χ3n) is 5.93. The van der Waals surface area contributed by atoms with E-state index in [0.29, 0.717) is 18.6 Å². The molecule has 0 N–H and O–H groups in total. The number of carbonyl (C=O) groups is 1. The number of hydrogen-bond acceptors (Lipinski definition) is 4. The summed E-state index contributed by atoms with van der Waals surface area (Å²) < 4.78 is 19.1. The van der Waals surface area contributed by atoms with Crippen molar-refractivity contribution in [3.05, 3.63) is 59.9 Å². The number of carbonyl (C=O) groups excluding carboxylic acids is 1. The lowest BCUT2D eigenvalue weighted by atomic mass is 9.95. The van der Waals surface area contributed by atoms with Crippen molar-refractivity contribution in [1.29, 1.82) is 0 Å². The van der Waals surface area contributed by atoms with E-state index >= 15 is 0 Å². The van der Waals surface area contributed by atoms with Crippen molar-refractivity contribution in [2.24, 2.45) is 5.92 Å². The van der Waals surface area contributed by atoms with Gasteiger partial charge in [-0.05, 0) is 55.5 Å². The fourth-order valence-corrected chi connectivity index (χ4v) is 4.11. The van der Waals surface area contributed by atoms with Gasteiger partial charge in [0.15, 0.2) is 5.58 Å². The van der Waals surface area contributed by atoms with E-state index in [1.807, 2.05) is 29.2 Å². The Morgan fingerprint density at radius 3 is 2.48 bits per heavy atom. The van der Waals surface area contributed by atoms with Crippen molar-refractivity contribution in [2.45, 2.75) is 38.3 Å². The maximum atomic E-state index is 13.2. The van der Waals surface area contributed by atoms with Crippen molar-refractivity contribution in [2.75, 3.05) is 18.0 Å². The quantitative estimate of drug-likeness (QED) is 0.646. The molecule has 1 saturated heterocycles. The first-order valence-electron chi connectivity index (χ1n) is 10.3. The lowest BCUT2D eigenvalue weighted by Gasteiger charge is -2.33. The van der Waals surface area contributed by atoms with Crippen LogP contribution in [0.1, 0.15) is 31.2 Å². The summed E-state index contributed by atoms with van der Waals surface area (Å²) in [6.45, 7) is 2.09. The van der Waals surface area contributed by atoms with Gasteiger partial charge in [0.25, 0.3) is 6.01 Å². The van der Waals surface area contributed by atoms with Gasteiger partial charge in [-0.25, -0.2) is 4.39 Å². The number of para-hydroxylation sites is 2. The molecule has 2 heterocycles. The van der Waals surface area contributed by atoms with E-state index in [1.54, 1.807) is 12.1 Å². The average Bonchev–Trinajstić information content (AvgIpc) is 3.50. The molecule has 1 aliphatic carbocycles. The molecule has 0 radical (unpaired) electrons. The highest BCUT2D eigenvalue weighted by Gasteiger charge is 2.37. The predicted molar refractivity (Wildman–Crippen MR) is 109 cm³/mol. The molecule has 6 heteroatoms. The van der Waals surface area contributed by atoms with Crippen LogP contribution in [0.3, 0.4) is 0 Å². The van der Waals surface area contributed by atoms with Gasteiger partial charge in [0.05, 0.1) is 0 Å². The zero-order chi connectivity index (χ0) is 19.8. The Labute approximate surface area is 169 Å². The Morgan fingerprint density at radius 1 is 1.07 bits per heavy atom. The topological polar surface area (TPSA) is 49.6 Å². The van der Waals surface area contributed by atoms with Crippen LogP contribution in [-0.2, 0) is 11.3 Å². The molecule has 1 aliphatic heterocycles. The predicted octanol–water partition coefficient (Wildman–Crippen LogP) is 4.37. The molecule has 0 spiro atoms. The number of piperidine rings is 1. The maximum absolute atomic E-state index is 13.2. The summed E-state index contributed by atoms with van der Waals surface area (Å²) in [6, 6.07) is 15.2. The molecule has 29 heavy (non-hydrogen) atoms. The van der Waals surface area contributed by atoms with Gasteiger partial charge in [0, 0.05) is 31.6 Å². The number of amides is 1. The number of rotatable bonds is 5. The van der Waals surface area contributed by atoms with Gasteiger partial charge in [0.2, 0.25) is 5.91 Å². The summed E-state index contributed by atoms with van der Waals surface area (Å²) in [5.74, 6) is 0.00957. The minimum Gasteiger partial charge on any atom is -0.423 e. The molecule has 2 aromatic carbocycles. The minimum atomic E-state index is -0.246. The Kier molecular flexibility index (Phi) is 4.70. The van der Waals surface area contributed by atoms with Crippen molar-refractivity contribution >= 4 is 23.0 Å².